The standard InChI is InChI=1S/C12H22N2O2S/c1-3-4-10(11(13)17)12(15)14-6-5-9(7-14)8-16-2/h9-10H,3-8H2,1-2H3,(H2,13,17). The molecule has 5 heteroatoms. The van der Waals surface area contributed by atoms with Crippen LogP contribution >= 0.6 is 12.2 Å². The van der Waals surface area contributed by atoms with Gasteiger partial charge in [0.05, 0.1) is 17.5 Å². The molecule has 1 aliphatic heterocycles. The molecule has 98 valence electrons. The lowest BCUT2D eigenvalue weighted by Crippen LogP contribution is -2.40. The highest BCUT2D eigenvalue weighted by Gasteiger charge is 2.31. The summed E-state index contributed by atoms with van der Waals surface area (Å²) in [5, 5.41) is 0. The molecule has 17 heavy (non-hydrogen) atoms. The van der Waals surface area contributed by atoms with Gasteiger partial charge in [0.1, 0.15) is 0 Å². The maximum atomic E-state index is 12.2. The molecular weight excluding hydrogens is 236 g/mol. The van der Waals surface area contributed by atoms with Gasteiger partial charge in [0.15, 0.2) is 0 Å². The summed E-state index contributed by atoms with van der Waals surface area (Å²) in [7, 11) is 1.69. The largest absolute Gasteiger partial charge is 0.393 e. The van der Waals surface area contributed by atoms with Crippen molar-refractivity contribution < 1.29 is 9.53 Å². The first-order chi connectivity index (χ1) is 8.10. The maximum absolute atomic E-state index is 12.2. The zero-order chi connectivity index (χ0) is 12.8. The average Bonchev–Trinajstić information content (AvgIpc) is 2.73. The zero-order valence-corrected chi connectivity index (χ0v) is 11.5. The number of carbonyl (C=O) groups excluding carboxylic acids is 1. The number of rotatable bonds is 6. The predicted octanol–water partition coefficient (Wildman–Crippen LogP) is 1.18. The van der Waals surface area contributed by atoms with Gasteiger partial charge in [-0.2, -0.15) is 0 Å². The minimum absolute atomic E-state index is 0.0953. The van der Waals surface area contributed by atoms with Gasteiger partial charge in [0, 0.05) is 26.1 Å². The first-order valence-electron chi connectivity index (χ1n) is 6.17. The van der Waals surface area contributed by atoms with Crippen LogP contribution in [0.4, 0.5) is 0 Å². The summed E-state index contributed by atoms with van der Waals surface area (Å²) in [4.78, 5) is 14.4. The van der Waals surface area contributed by atoms with E-state index in [1.54, 1.807) is 7.11 Å². The highest BCUT2D eigenvalue weighted by Crippen LogP contribution is 2.20. The molecule has 1 aliphatic rings. The fourth-order valence-corrected chi connectivity index (χ4v) is 2.52. The van der Waals surface area contributed by atoms with Crippen LogP contribution in [-0.4, -0.2) is 42.6 Å². The predicted molar refractivity (Wildman–Crippen MR) is 71.7 cm³/mol. The number of carbonyl (C=O) groups is 1. The van der Waals surface area contributed by atoms with E-state index in [1.165, 1.54) is 0 Å². The summed E-state index contributed by atoms with van der Waals surface area (Å²) >= 11 is 4.98. The van der Waals surface area contributed by atoms with E-state index in [9.17, 15) is 4.79 Å². The Labute approximate surface area is 108 Å². The zero-order valence-electron chi connectivity index (χ0n) is 10.6. The Morgan fingerprint density at radius 1 is 1.65 bits per heavy atom. The van der Waals surface area contributed by atoms with Crippen molar-refractivity contribution in [2.75, 3.05) is 26.8 Å². The molecule has 0 bridgehead atoms. The van der Waals surface area contributed by atoms with Crippen molar-refractivity contribution in [1.29, 1.82) is 0 Å². The summed E-state index contributed by atoms with van der Waals surface area (Å²) in [6, 6.07) is 0. The van der Waals surface area contributed by atoms with E-state index < -0.39 is 0 Å². The Morgan fingerprint density at radius 3 is 2.88 bits per heavy atom. The van der Waals surface area contributed by atoms with Crippen LogP contribution in [0.15, 0.2) is 0 Å². The number of likely N-dealkylation sites (tertiary alicyclic amines) is 1. The minimum Gasteiger partial charge on any atom is -0.393 e. The second kappa shape index (κ2) is 6.91. The molecule has 0 saturated carbocycles. The number of methoxy groups -OCH3 is 1. The second-order valence-corrected chi connectivity index (χ2v) is 5.11. The molecule has 0 aliphatic carbocycles. The van der Waals surface area contributed by atoms with Crippen molar-refractivity contribution in [3.8, 4) is 0 Å². The van der Waals surface area contributed by atoms with Gasteiger partial charge in [0.25, 0.3) is 0 Å². The van der Waals surface area contributed by atoms with Crippen molar-refractivity contribution in [3.63, 3.8) is 0 Å². The Bertz CT molecular complexity index is 284. The van der Waals surface area contributed by atoms with E-state index in [2.05, 4.69) is 0 Å². The topological polar surface area (TPSA) is 55.6 Å². The van der Waals surface area contributed by atoms with Crippen molar-refractivity contribution in [3.05, 3.63) is 0 Å². The molecule has 1 saturated heterocycles. The number of hydrogen-bond acceptors (Lipinski definition) is 3. The second-order valence-electron chi connectivity index (χ2n) is 4.64. The van der Waals surface area contributed by atoms with Crippen LogP contribution in [0.3, 0.4) is 0 Å². The van der Waals surface area contributed by atoms with Crippen LogP contribution in [0.2, 0.25) is 0 Å². The van der Waals surface area contributed by atoms with Gasteiger partial charge in [-0.15, -0.1) is 0 Å². The average molecular weight is 258 g/mol. The third-order valence-electron chi connectivity index (χ3n) is 3.22. The normalized spacial score (nSPS) is 21.5. The molecule has 1 amide bonds. The SMILES string of the molecule is CCCC(C(=O)N1CCC(COC)C1)C(N)=S. The lowest BCUT2D eigenvalue weighted by molar-refractivity contribution is -0.132. The molecule has 1 fully saturated rings. The molecule has 0 aromatic heterocycles. The third kappa shape index (κ3) is 3.92. The van der Waals surface area contributed by atoms with Gasteiger partial charge in [-0.1, -0.05) is 25.6 Å². The first kappa shape index (κ1) is 14.4. The van der Waals surface area contributed by atoms with Crippen molar-refractivity contribution in [2.45, 2.75) is 26.2 Å². The summed E-state index contributed by atoms with van der Waals surface area (Å²) in [6.45, 7) is 4.33. The lowest BCUT2D eigenvalue weighted by Gasteiger charge is -2.22. The van der Waals surface area contributed by atoms with E-state index >= 15 is 0 Å². The molecular formula is C12H22N2O2S. The molecule has 0 radical (unpaired) electrons. The van der Waals surface area contributed by atoms with E-state index in [1.807, 2.05) is 11.8 Å². The van der Waals surface area contributed by atoms with E-state index in [4.69, 9.17) is 22.7 Å². The summed E-state index contributed by atoms with van der Waals surface area (Å²) < 4.78 is 5.12. The number of ether oxygens (including phenoxy) is 1. The first-order valence-corrected chi connectivity index (χ1v) is 6.58. The number of thiocarbonyl (C=S) groups is 1. The Morgan fingerprint density at radius 2 is 2.35 bits per heavy atom. The molecule has 2 atom stereocenters. The molecule has 2 N–H and O–H groups in total. The number of nitrogens with zero attached hydrogens (tertiary/aromatic N) is 1. The maximum Gasteiger partial charge on any atom is 0.232 e. The Hall–Kier alpha value is -0.680. The summed E-state index contributed by atoms with van der Waals surface area (Å²) in [6.07, 6.45) is 2.68. The van der Waals surface area contributed by atoms with Gasteiger partial charge >= 0.3 is 0 Å². The number of amides is 1. The fourth-order valence-electron chi connectivity index (χ4n) is 2.30. The molecule has 0 aromatic rings. The van der Waals surface area contributed by atoms with Crippen LogP contribution in [0, 0.1) is 11.8 Å². The smallest absolute Gasteiger partial charge is 0.232 e. The molecule has 1 rings (SSSR count). The Kier molecular flexibility index (Phi) is 5.85. The number of hydrogen-bond donors (Lipinski definition) is 1. The van der Waals surface area contributed by atoms with Crippen LogP contribution in [-0.2, 0) is 9.53 Å². The van der Waals surface area contributed by atoms with Gasteiger partial charge in [-0.25, -0.2) is 0 Å². The lowest BCUT2D eigenvalue weighted by atomic mass is 10.0. The van der Waals surface area contributed by atoms with Gasteiger partial charge in [0.2, 0.25) is 5.91 Å². The molecule has 4 nitrogen and oxygen atoms in total. The fraction of sp³-hybridized carbons (Fsp3) is 0.833. The van der Waals surface area contributed by atoms with E-state index in [0.717, 1.165) is 39.0 Å². The minimum atomic E-state index is -0.281. The van der Waals surface area contributed by atoms with Crippen molar-refractivity contribution in [2.24, 2.45) is 17.6 Å². The van der Waals surface area contributed by atoms with Crippen LogP contribution < -0.4 is 5.73 Å². The summed E-state index contributed by atoms with van der Waals surface area (Å²) in [5.74, 6) is 0.270. The highest BCUT2D eigenvalue weighted by atomic mass is 32.1. The molecule has 1 heterocycles. The highest BCUT2D eigenvalue weighted by molar-refractivity contribution is 7.80. The third-order valence-corrected chi connectivity index (χ3v) is 3.50. The molecule has 0 aromatic carbocycles. The summed E-state index contributed by atoms with van der Waals surface area (Å²) in [5.41, 5.74) is 5.64. The molecule has 0 spiro atoms. The number of nitrogens with two attached hydrogens (primary N) is 1. The van der Waals surface area contributed by atoms with Crippen LogP contribution in [0.5, 0.6) is 0 Å². The van der Waals surface area contributed by atoms with E-state index in [0.29, 0.717) is 10.9 Å². The van der Waals surface area contributed by atoms with E-state index in [-0.39, 0.29) is 11.8 Å². The van der Waals surface area contributed by atoms with Crippen molar-refractivity contribution in [1.82, 2.24) is 4.90 Å². The van der Waals surface area contributed by atoms with Gasteiger partial charge < -0.3 is 15.4 Å². The van der Waals surface area contributed by atoms with Gasteiger partial charge in [-0.3, -0.25) is 4.79 Å². The quantitative estimate of drug-likeness (QED) is 0.727. The molecule has 2 unspecified atom stereocenters. The van der Waals surface area contributed by atoms with Crippen molar-refractivity contribution >= 4 is 23.1 Å². The van der Waals surface area contributed by atoms with Crippen LogP contribution in [0.25, 0.3) is 0 Å². The Balaban J connectivity index is 2.54. The van der Waals surface area contributed by atoms with Gasteiger partial charge in [-0.05, 0) is 12.8 Å². The van der Waals surface area contributed by atoms with Crippen LogP contribution in [0.1, 0.15) is 26.2 Å². The monoisotopic (exact) mass is 258 g/mol.